The molecule has 2 aliphatic carbocycles. The summed E-state index contributed by atoms with van der Waals surface area (Å²) in [5, 5.41) is 0. The van der Waals surface area contributed by atoms with Gasteiger partial charge in [-0.05, 0) is 37.4 Å². The van der Waals surface area contributed by atoms with Crippen molar-refractivity contribution in [3.8, 4) is 0 Å². The molecule has 3 nitrogen and oxygen atoms in total. The van der Waals surface area contributed by atoms with Crippen LogP contribution in [0.25, 0.3) is 0 Å². The Morgan fingerprint density at radius 1 is 1.44 bits per heavy atom. The van der Waals surface area contributed by atoms with Gasteiger partial charge in [0, 0.05) is 25.4 Å². The summed E-state index contributed by atoms with van der Waals surface area (Å²) in [7, 11) is 1.91. The molecule has 2 bridgehead atoms. The highest BCUT2D eigenvalue weighted by molar-refractivity contribution is 7.98. The first-order chi connectivity index (χ1) is 7.65. The topological polar surface area (TPSA) is 46.3 Å². The minimum Gasteiger partial charge on any atom is -0.345 e. The molecule has 0 aromatic heterocycles. The summed E-state index contributed by atoms with van der Waals surface area (Å²) in [5.74, 6) is 2.61. The van der Waals surface area contributed by atoms with Gasteiger partial charge in [0.15, 0.2) is 0 Å². The second kappa shape index (κ2) is 4.96. The predicted molar refractivity (Wildman–Crippen MR) is 68.3 cm³/mol. The van der Waals surface area contributed by atoms with Crippen molar-refractivity contribution in [3.63, 3.8) is 0 Å². The van der Waals surface area contributed by atoms with Gasteiger partial charge in [-0.15, -0.1) is 0 Å². The molecule has 0 spiro atoms. The van der Waals surface area contributed by atoms with Crippen LogP contribution in [0, 0.1) is 17.8 Å². The fourth-order valence-corrected chi connectivity index (χ4v) is 3.75. The van der Waals surface area contributed by atoms with Gasteiger partial charge in [-0.25, -0.2) is 0 Å². The van der Waals surface area contributed by atoms with Crippen LogP contribution >= 0.6 is 11.8 Å². The second-order valence-corrected chi connectivity index (χ2v) is 6.17. The molecule has 2 aliphatic rings. The van der Waals surface area contributed by atoms with Crippen LogP contribution in [0.5, 0.6) is 0 Å². The lowest BCUT2D eigenvalue weighted by atomic mass is 9.84. The summed E-state index contributed by atoms with van der Waals surface area (Å²) < 4.78 is 0. The highest BCUT2D eigenvalue weighted by Crippen LogP contribution is 2.48. The zero-order valence-electron chi connectivity index (χ0n) is 10.2. The van der Waals surface area contributed by atoms with Gasteiger partial charge in [-0.1, -0.05) is 0 Å². The molecule has 0 radical (unpaired) electrons. The monoisotopic (exact) mass is 242 g/mol. The number of fused-ring (bicyclic) bond motifs is 2. The molecule has 2 N–H and O–H groups in total. The van der Waals surface area contributed by atoms with E-state index in [0.717, 1.165) is 12.3 Å². The molecule has 0 aromatic rings. The number of nitrogens with two attached hydrogens (primary N) is 1. The standard InChI is InChI=1S/C12H22N2OS/c1-14(5-6-16-2)12(15)10-8-3-4-9(7-8)11(10)13/h8-11H,3-7,13H2,1-2H3. The van der Waals surface area contributed by atoms with E-state index in [1.165, 1.54) is 19.3 Å². The van der Waals surface area contributed by atoms with E-state index in [-0.39, 0.29) is 17.9 Å². The number of amides is 1. The lowest BCUT2D eigenvalue weighted by molar-refractivity contribution is -0.136. The molecule has 2 rings (SSSR count). The zero-order chi connectivity index (χ0) is 11.7. The molecule has 4 unspecified atom stereocenters. The molecule has 0 saturated heterocycles. The number of thioether (sulfide) groups is 1. The third-order valence-electron chi connectivity index (χ3n) is 4.27. The third kappa shape index (κ3) is 2.09. The summed E-state index contributed by atoms with van der Waals surface area (Å²) >= 11 is 1.78. The van der Waals surface area contributed by atoms with Crippen LogP contribution in [0.1, 0.15) is 19.3 Å². The van der Waals surface area contributed by atoms with Crippen molar-refractivity contribution in [2.24, 2.45) is 23.5 Å². The normalized spacial score (nSPS) is 36.7. The number of carbonyl (C=O) groups excluding carboxylic acids is 1. The summed E-state index contributed by atoms with van der Waals surface area (Å²) in [6.07, 6.45) is 5.71. The van der Waals surface area contributed by atoms with Crippen LogP contribution in [-0.4, -0.2) is 42.4 Å². The van der Waals surface area contributed by atoms with E-state index in [1.54, 1.807) is 11.8 Å². The quantitative estimate of drug-likeness (QED) is 0.805. The molecule has 0 aliphatic heterocycles. The molecule has 16 heavy (non-hydrogen) atoms. The SMILES string of the molecule is CSCCN(C)C(=O)C1C2CCC(C2)C1N. The molecule has 2 saturated carbocycles. The Bertz CT molecular complexity index is 270. The van der Waals surface area contributed by atoms with Crippen molar-refractivity contribution in [2.75, 3.05) is 25.6 Å². The van der Waals surface area contributed by atoms with Gasteiger partial charge in [0.2, 0.25) is 5.91 Å². The van der Waals surface area contributed by atoms with E-state index < -0.39 is 0 Å². The van der Waals surface area contributed by atoms with Crippen molar-refractivity contribution in [2.45, 2.75) is 25.3 Å². The van der Waals surface area contributed by atoms with Gasteiger partial charge >= 0.3 is 0 Å². The molecule has 0 aromatic carbocycles. The highest BCUT2D eigenvalue weighted by atomic mass is 32.2. The first-order valence-electron chi connectivity index (χ1n) is 6.14. The fourth-order valence-electron chi connectivity index (χ4n) is 3.30. The Morgan fingerprint density at radius 2 is 2.12 bits per heavy atom. The van der Waals surface area contributed by atoms with Crippen LogP contribution in [0.3, 0.4) is 0 Å². The smallest absolute Gasteiger partial charge is 0.227 e. The average Bonchev–Trinajstić information content (AvgIpc) is 2.85. The summed E-state index contributed by atoms with van der Waals surface area (Å²) in [6.45, 7) is 0.848. The van der Waals surface area contributed by atoms with Crippen LogP contribution < -0.4 is 5.73 Å². The number of nitrogens with zero attached hydrogens (tertiary/aromatic N) is 1. The largest absolute Gasteiger partial charge is 0.345 e. The Hall–Kier alpha value is -0.220. The van der Waals surface area contributed by atoms with Crippen LogP contribution in [0.4, 0.5) is 0 Å². The van der Waals surface area contributed by atoms with E-state index in [0.29, 0.717) is 11.8 Å². The highest BCUT2D eigenvalue weighted by Gasteiger charge is 2.49. The van der Waals surface area contributed by atoms with Crippen molar-refractivity contribution >= 4 is 17.7 Å². The van der Waals surface area contributed by atoms with Crippen LogP contribution in [0.15, 0.2) is 0 Å². The van der Waals surface area contributed by atoms with Gasteiger partial charge in [0.1, 0.15) is 0 Å². The van der Waals surface area contributed by atoms with Gasteiger partial charge in [0.05, 0.1) is 5.92 Å². The van der Waals surface area contributed by atoms with Crippen molar-refractivity contribution in [1.82, 2.24) is 4.90 Å². The van der Waals surface area contributed by atoms with Crippen LogP contribution in [0.2, 0.25) is 0 Å². The summed E-state index contributed by atoms with van der Waals surface area (Å²) in [6, 6.07) is 0.128. The van der Waals surface area contributed by atoms with Crippen LogP contribution in [-0.2, 0) is 4.79 Å². The first-order valence-corrected chi connectivity index (χ1v) is 7.54. The van der Waals surface area contributed by atoms with Crippen molar-refractivity contribution in [3.05, 3.63) is 0 Å². The number of hydrogen-bond acceptors (Lipinski definition) is 3. The molecule has 0 heterocycles. The Balaban J connectivity index is 1.94. The average molecular weight is 242 g/mol. The van der Waals surface area contributed by atoms with Crippen molar-refractivity contribution in [1.29, 1.82) is 0 Å². The molecule has 4 heteroatoms. The lowest BCUT2D eigenvalue weighted by Crippen LogP contribution is -2.46. The number of hydrogen-bond donors (Lipinski definition) is 1. The molecular formula is C12H22N2OS. The van der Waals surface area contributed by atoms with E-state index >= 15 is 0 Å². The molecule has 1 amide bonds. The molecule has 2 fully saturated rings. The Morgan fingerprint density at radius 3 is 2.69 bits per heavy atom. The van der Waals surface area contributed by atoms with E-state index in [1.807, 2.05) is 11.9 Å². The first kappa shape index (κ1) is 12.2. The summed E-state index contributed by atoms with van der Waals surface area (Å²) in [4.78, 5) is 14.2. The van der Waals surface area contributed by atoms with Gasteiger partial charge in [-0.2, -0.15) is 11.8 Å². The maximum absolute atomic E-state index is 12.3. The van der Waals surface area contributed by atoms with Crippen molar-refractivity contribution < 1.29 is 4.79 Å². The number of rotatable bonds is 4. The Labute approximate surface area is 102 Å². The zero-order valence-corrected chi connectivity index (χ0v) is 11.0. The lowest BCUT2D eigenvalue weighted by Gasteiger charge is -2.30. The Kier molecular flexibility index (Phi) is 3.80. The van der Waals surface area contributed by atoms with Gasteiger partial charge < -0.3 is 10.6 Å². The maximum atomic E-state index is 12.3. The second-order valence-electron chi connectivity index (χ2n) is 5.19. The minimum absolute atomic E-state index is 0.116. The third-order valence-corrected chi connectivity index (χ3v) is 4.86. The van der Waals surface area contributed by atoms with E-state index in [4.69, 9.17) is 5.73 Å². The minimum atomic E-state index is 0.116. The fraction of sp³-hybridized carbons (Fsp3) is 0.917. The van der Waals surface area contributed by atoms with Gasteiger partial charge in [0.25, 0.3) is 0 Å². The van der Waals surface area contributed by atoms with Gasteiger partial charge in [-0.3, -0.25) is 4.79 Å². The number of carbonyl (C=O) groups is 1. The molecule has 4 atom stereocenters. The van der Waals surface area contributed by atoms with E-state index in [2.05, 4.69) is 6.26 Å². The molecule has 92 valence electrons. The van der Waals surface area contributed by atoms with E-state index in [9.17, 15) is 4.79 Å². The summed E-state index contributed by atoms with van der Waals surface area (Å²) in [5.41, 5.74) is 6.18. The maximum Gasteiger partial charge on any atom is 0.227 e. The molecular weight excluding hydrogens is 220 g/mol. The predicted octanol–water partition coefficient (Wildman–Crippen LogP) is 1.18.